The molecule has 1 saturated heterocycles. The third kappa shape index (κ3) is 2.28. The lowest BCUT2D eigenvalue weighted by atomic mass is 10.4. The summed E-state index contributed by atoms with van der Waals surface area (Å²) < 4.78 is 12.1. The first-order valence-electron chi connectivity index (χ1n) is 5.74. The van der Waals surface area contributed by atoms with Crippen LogP contribution < -0.4 is 10.6 Å². The molecule has 0 atom stereocenters. The van der Waals surface area contributed by atoms with Gasteiger partial charge in [0.05, 0.1) is 25.1 Å². The third-order valence-electron chi connectivity index (χ3n) is 2.70. The summed E-state index contributed by atoms with van der Waals surface area (Å²) in [6.07, 6.45) is 3.30. The molecule has 0 aliphatic carbocycles. The van der Waals surface area contributed by atoms with Crippen LogP contribution >= 0.6 is 0 Å². The molecule has 2 aromatic rings. The van der Waals surface area contributed by atoms with Gasteiger partial charge < -0.3 is 19.9 Å². The summed E-state index contributed by atoms with van der Waals surface area (Å²) in [6.45, 7) is 3.38. The van der Waals surface area contributed by atoms with E-state index < -0.39 is 0 Å². The van der Waals surface area contributed by atoms with E-state index in [1.807, 2.05) is 4.90 Å². The lowest BCUT2D eigenvalue weighted by Crippen LogP contribution is -2.36. The highest BCUT2D eigenvalue weighted by molar-refractivity contribution is 5.31. The van der Waals surface area contributed by atoms with Gasteiger partial charge in [-0.15, -0.1) is 0 Å². The number of rotatable bonds is 3. The summed E-state index contributed by atoms with van der Waals surface area (Å²) >= 11 is 0. The largest absolute Gasteiger partial charge is 0.396 e. The van der Waals surface area contributed by atoms with E-state index in [9.17, 15) is 0 Å². The van der Waals surface area contributed by atoms with Gasteiger partial charge in [0.1, 0.15) is 6.54 Å². The van der Waals surface area contributed by atoms with Gasteiger partial charge in [-0.2, -0.15) is 10.1 Å². The standard InChI is InChI=1S/C10H14N6O2/c11-8-5-12-16(6-8)7-9-13-10(14-18-9)15-1-3-17-4-2-15/h5-6H,1-4,7,11H2. The molecule has 0 aromatic carbocycles. The van der Waals surface area contributed by atoms with Gasteiger partial charge >= 0.3 is 0 Å². The number of hydrogen-bond donors (Lipinski definition) is 1. The Hall–Kier alpha value is -2.09. The Morgan fingerprint density at radius 1 is 1.33 bits per heavy atom. The smallest absolute Gasteiger partial charge is 0.266 e. The Balaban J connectivity index is 1.69. The molecule has 8 nitrogen and oxygen atoms in total. The van der Waals surface area contributed by atoms with Crippen LogP contribution in [-0.2, 0) is 11.3 Å². The molecule has 0 radical (unpaired) electrons. The average Bonchev–Trinajstić information content (AvgIpc) is 3.01. The number of nitrogens with two attached hydrogens (primary N) is 1. The van der Waals surface area contributed by atoms with Gasteiger partial charge in [0.2, 0.25) is 5.89 Å². The summed E-state index contributed by atoms with van der Waals surface area (Å²) in [5.41, 5.74) is 6.20. The molecule has 0 amide bonds. The van der Waals surface area contributed by atoms with E-state index in [-0.39, 0.29) is 0 Å². The zero-order chi connectivity index (χ0) is 12.4. The average molecular weight is 250 g/mol. The fourth-order valence-electron chi connectivity index (χ4n) is 1.81. The first-order valence-corrected chi connectivity index (χ1v) is 5.74. The minimum absolute atomic E-state index is 0.425. The van der Waals surface area contributed by atoms with Crippen molar-refractivity contribution in [1.82, 2.24) is 19.9 Å². The molecule has 3 heterocycles. The van der Waals surface area contributed by atoms with Crippen molar-refractivity contribution in [2.75, 3.05) is 36.9 Å². The van der Waals surface area contributed by atoms with Crippen LogP contribution in [0.1, 0.15) is 5.89 Å². The van der Waals surface area contributed by atoms with Gasteiger partial charge in [-0.1, -0.05) is 0 Å². The minimum Gasteiger partial charge on any atom is -0.396 e. The fraction of sp³-hybridized carbons (Fsp3) is 0.500. The second-order valence-corrected chi connectivity index (χ2v) is 4.06. The molecule has 96 valence electrons. The Kier molecular flexibility index (Phi) is 2.85. The molecular formula is C10H14N6O2. The van der Waals surface area contributed by atoms with Crippen LogP contribution in [0.4, 0.5) is 11.6 Å². The normalized spacial score (nSPS) is 16.1. The van der Waals surface area contributed by atoms with Crippen LogP contribution in [0.3, 0.4) is 0 Å². The van der Waals surface area contributed by atoms with Crippen molar-refractivity contribution in [1.29, 1.82) is 0 Å². The molecule has 1 aliphatic rings. The Morgan fingerprint density at radius 2 is 2.17 bits per heavy atom. The third-order valence-corrected chi connectivity index (χ3v) is 2.70. The molecule has 0 saturated carbocycles. The summed E-state index contributed by atoms with van der Waals surface area (Å²) in [6, 6.07) is 0. The SMILES string of the molecule is Nc1cnn(Cc2nc(N3CCOCC3)no2)c1. The van der Waals surface area contributed by atoms with Gasteiger partial charge in [-0.25, -0.2) is 0 Å². The van der Waals surface area contributed by atoms with Crippen molar-refractivity contribution >= 4 is 11.6 Å². The molecule has 1 fully saturated rings. The molecule has 8 heteroatoms. The first-order chi connectivity index (χ1) is 8.81. The Labute approximate surface area is 103 Å². The van der Waals surface area contributed by atoms with Gasteiger partial charge in [-0.05, 0) is 5.16 Å². The van der Waals surface area contributed by atoms with E-state index in [2.05, 4.69) is 15.2 Å². The molecule has 0 spiro atoms. The summed E-state index contributed by atoms with van der Waals surface area (Å²) in [4.78, 5) is 6.37. The van der Waals surface area contributed by atoms with Gasteiger partial charge in [0.25, 0.3) is 5.95 Å². The van der Waals surface area contributed by atoms with Crippen LogP contribution in [-0.4, -0.2) is 46.2 Å². The summed E-state index contributed by atoms with van der Waals surface area (Å²) in [5, 5.41) is 8.02. The zero-order valence-corrected chi connectivity index (χ0v) is 9.82. The molecule has 0 bridgehead atoms. The number of hydrogen-bond acceptors (Lipinski definition) is 7. The van der Waals surface area contributed by atoms with Crippen LogP contribution in [0.5, 0.6) is 0 Å². The van der Waals surface area contributed by atoms with E-state index in [1.165, 1.54) is 0 Å². The molecule has 2 N–H and O–H groups in total. The van der Waals surface area contributed by atoms with Crippen molar-refractivity contribution in [3.63, 3.8) is 0 Å². The zero-order valence-electron chi connectivity index (χ0n) is 9.82. The van der Waals surface area contributed by atoms with Crippen molar-refractivity contribution in [3.8, 4) is 0 Å². The number of nitrogen functional groups attached to an aromatic ring is 1. The van der Waals surface area contributed by atoms with E-state index >= 15 is 0 Å². The van der Waals surface area contributed by atoms with Crippen molar-refractivity contribution in [3.05, 3.63) is 18.3 Å². The highest BCUT2D eigenvalue weighted by atomic mass is 16.5. The van der Waals surface area contributed by atoms with Gasteiger partial charge in [-0.3, -0.25) is 4.68 Å². The highest BCUT2D eigenvalue weighted by Crippen LogP contribution is 2.12. The topological polar surface area (TPSA) is 95.2 Å². The summed E-state index contributed by atoms with van der Waals surface area (Å²) in [7, 11) is 0. The number of aromatic nitrogens is 4. The molecule has 0 unspecified atom stereocenters. The van der Waals surface area contributed by atoms with E-state index in [1.54, 1.807) is 17.1 Å². The molecule has 2 aromatic heterocycles. The number of morpholine rings is 1. The Bertz CT molecular complexity index is 516. The Morgan fingerprint density at radius 3 is 2.89 bits per heavy atom. The van der Waals surface area contributed by atoms with Crippen molar-refractivity contribution in [2.45, 2.75) is 6.54 Å². The van der Waals surface area contributed by atoms with Gasteiger partial charge in [0, 0.05) is 19.3 Å². The second-order valence-electron chi connectivity index (χ2n) is 4.06. The number of anilines is 2. The molecule has 3 rings (SSSR count). The maximum Gasteiger partial charge on any atom is 0.266 e. The summed E-state index contributed by atoms with van der Waals surface area (Å²) in [5.74, 6) is 1.12. The minimum atomic E-state index is 0.425. The van der Waals surface area contributed by atoms with Gasteiger partial charge in [0.15, 0.2) is 0 Å². The predicted molar refractivity (Wildman–Crippen MR) is 63.1 cm³/mol. The lowest BCUT2D eigenvalue weighted by Gasteiger charge is -2.24. The quantitative estimate of drug-likeness (QED) is 0.801. The van der Waals surface area contributed by atoms with E-state index in [0.29, 0.717) is 37.3 Å². The monoisotopic (exact) mass is 250 g/mol. The molecular weight excluding hydrogens is 236 g/mol. The van der Waals surface area contributed by atoms with Crippen LogP contribution in [0, 0.1) is 0 Å². The van der Waals surface area contributed by atoms with Crippen molar-refractivity contribution < 1.29 is 9.26 Å². The van der Waals surface area contributed by atoms with Crippen LogP contribution in [0.15, 0.2) is 16.9 Å². The maximum atomic E-state index is 5.58. The van der Waals surface area contributed by atoms with E-state index in [4.69, 9.17) is 15.0 Å². The highest BCUT2D eigenvalue weighted by Gasteiger charge is 2.17. The van der Waals surface area contributed by atoms with Crippen LogP contribution in [0.25, 0.3) is 0 Å². The number of nitrogens with zero attached hydrogens (tertiary/aromatic N) is 5. The number of ether oxygens (including phenoxy) is 1. The predicted octanol–water partition coefficient (Wildman–Crippen LogP) is -0.267. The van der Waals surface area contributed by atoms with Crippen molar-refractivity contribution in [2.24, 2.45) is 0 Å². The fourth-order valence-corrected chi connectivity index (χ4v) is 1.81. The van der Waals surface area contributed by atoms with E-state index in [0.717, 1.165) is 13.1 Å². The maximum absolute atomic E-state index is 5.58. The first kappa shape index (κ1) is 11.0. The molecule has 18 heavy (non-hydrogen) atoms. The lowest BCUT2D eigenvalue weighted by molar-refractivity contribution is 0.121. The van der Waals surface area contributed by atoms with Crippen LogP contribution in [0.2, 0.25) is 0 Å². The second kappa shape index (κ2) is 4.65. The molecule has 1 aliphatic heterocycles.